The molecule has 0 aliphatic carbocycles. The lowest BCUT2D eigenvalue weighted by Crippen LogP contribution is -2.32. The Bertz CT molecular complexity index is 976. The summed E-state index contributed by atoms with van der Waals surface area (Å²) in [6.07, 6.45) is -0.745. The summed E-state index contributed by atoms with van der Waals surface area (Å²) < 4.78 is 11.0. The molecule has 3 aromatic rings. The Morgan fingerprint density at radius 1 is 1.16 bits per heavy atom. The molecule has 0 unspecified atom stereocenters. The van der Waals surface area contributed by atoms with E-state index in [1.807, 2.05) is 18.2 Å². The van der Waals surface area contributed by atoms with Gasteiger partial charge < -0.3 is 19.6 Å². The van der Waals surface area contributed by atoms with Crippen molar-refractivity contribution in [2.75, 3.05) is 0 Å². The molecule has 6 heteroatoms. The summed E-state index contributed by atoms with van der Waals surface area (Å²) >= 11 is 0. The summed E-state index contributed by atoms with van der Waals surface area (Å²) in [6, 6.07) is 13.0. The number of hydrogen-bond donors (Lipinski definition) is 2. The number of rotatable bonds is 3. The summed E-state index contributed by atoms with van der Waals surface area (Å²) in [5.74, 6) is -0.164. The average Bonchev–Trinajstić information content (AvgIpc) is 2.57. The highest BCUT2D eigenvalue weighted by molar-refractivity contribution is 5.89. The van der Waals surface area contributed by atoms with E-state index in [1.54, 1.807) is 26.0 Å². The van der Waals surface area contributed by atoms with E-state index in [0.29, 0.717) is 11.3 Å². The van der Waals surface area contributed by atoms with Gasteiger partial charge in [0.1, 0.15) is 5.76 Å². The van der Waals surface area contributed by atoms with E-state index in [-0.39, 0.29) is 33.9 Å². The van der Waals surface area contributed by atoms with Gasteiger partial charge in [0.05, 0.1) is 5.39 Å². The summed E-state index contributed by atoms with van der Waals surface area (Å²) in [6.45, 7) is 3.55. The van der Waals surface area contributed by atoms with Crippen molar-refractivity contribution in [3.05, 3.63) is 58.8 Å². The van der Waals surface area contributed by atoms with Crippen LogP contribution >= 0.6 is 0 Å². The number of benzene rings is 2. The first-order valence-corrected chi connectivity index (χ1v) is 7.79. The van der Waals surface area contributed by atoms with Gasteiger partial charge in [0.2, 0.25) is 5.75 Å². The molecule has 0 saturated carbocycles. The molecule has 0 bridgehead atoms. The van der Waals surface area contributed by atoms with Crippen molar-refractivity contribution in [1.29, 1.82) is 0 Å². The van der Waals surface area contributed by atoms with Gasteiger partial charge in [-0.05, 0) is 26.0 Å². The zero-order valence-electron chi connectivity index (χ0n) is 13.8. The highest BCUT2D eigenvalue weighted by Gasteiger charge is 2.18. The standard InChI is InChI=1S/C19H17NO5/c1-11(2)20-19(23)25-18-14(21)9-8-13-15(22)10-16(24-17(13)18)12-6-4-3-5-7-12/h3-11,21H,1-2H3,(H,20,23). The second-order valence-electron chi connectivity index (χ2n) is 5.82. The van der Waals surface area contributed by atoms with Crippen LogP contribution in [0, 0.1) is 0 Å². The number of hydrogen-bond acceptors (Lipinski definition) is 5. The Hall–Kier alpha value is -3.28. The number of carbonyl (C=O) groups excluding carboxylic acids is 1. The lowest BCUT2D eigenvalue weighted by molar-refractivity contribution is 0.196. The number of fused-ring (bicyclic) bond motifs is 1. The quantitative estimate of drug-likeness (QED) is 0.760. The van der Waals surface area contributed by atoms with Gasteiger partial charge in [-0.2, -0.15) is 0 Å². The van der Waals surface area contributed by atoms with Gasteiger partial charge >= 0.3 is 6.09 Å². The molecule has 25 heavy (non-hydrogen) atoms. The van der Waals surface area contributed by atoms with Crippen LogP contribution in [0.2, 0.25) is 0 Å². The van der Waals surface area contributed by atoms with Crippen LogP contribution < -0.4 is 15.5 Å². The predicted octanol–water partition coefficient (Wildman–Crippen LogP) is 3.66. The van der Waals surface area contributed by atoms with Gasteiger partial charge in [0.25, 0.3) is 0 Å². The fourth-order valence-corrected chi connectivity index (χ4v) is 2.39. The molecule has 1 heterocycles. The molecule has 0 radical (unpaired) electrons. The predicted molar refractivity (Wildman–Crippen MR) is 93.9 cm³/mol. The van der Waals surface area contributed by atoms with Crippen LogP contribution in [0.15, 0.2) is 57.7 Å². The van der Waals surface area contributed by atoms with E-state index < -0.39 is 6.09 Å². The van der Waals surface area contributed by atoms with E-state index in [2.05, 4.69) is 5.32 Å². The number of amides is 1. The van der Waals surface area contributed by atoms with Crippen LogP contribution in [-0.4, -0.2) is 17.2 Å². The van der Waals surface area contributed by atoms with Gasteiger partial charge in [0, 0.05) is 17.7 Å². The van der Waals surface area contributed by atoms with Crippen LogP contribution in [0.25, 0.3) is 22.3 Å². The van der Waals surface area contributed by atoms with Crippen LogP contribution in [0.3, 0.4) is 0 Å². The topological polar surface area (TPSA) is 88.8 Å². The SMILES string of the molecule is CC(C)NC(=O)Oc1c(O)ccc2c(=O)cc(-c3ccccc3)oc12. The first kappa shape index (κ1) is 16.6. The largest absolute Gasteiger partial charge is 0.504 e. The van der Waals surface area contributed by atoms with Crippen LogP contribution in [0.4, 0.5) is 4.79 Å². The molecule has 3 rings (SSSR count). The zero-order valence-corrected chi connectivity index (χ0v) is 13.8. The smallest absolute Gasteiger partial charge is 0.413 e. The molecular weight excluding hydrogens is 322 g/mol. The Kier molecular flexibility index (Phi) is 4.43. The highest BCUT2D eigenvalue weighted by atomic mass is 16.6. The number of phenolic OH excluding ortho intramolecular Hbond substituents is 1. The summed E-state index contributed by atoms with van der Waals surface area (Å²) in [7, 11) is 0. The minimum absolute atomic E-state index is 0.0188. The van der Waals surface area contributed by atoms with Crippen molar-refractivity contribution in [3.8, 4) is 22.8 Å². The molecule has 0 atom stereocenters. The third-order valence-corrected chi connectivity index (χ3v) is 3.49. The maximum Gasteiger partial charge on any atom is 0.413 e. The molecule has 2 N–H and O–H groups in total. The van der Waals surface area contributed by atoms with Gasteiger partial charge in [-0.15, -0.1) is 0 Å². The van der Waals surface area contributed by atoms with E-state index in [1.165, 1.54) is 18.2 Å². The van der Waals surface area contributed by atoms with E-state index in [4.69, 9.17) is 9.15 Å². The Labute approximate surface area is 143 Å². The second kappa shape index (κ2) is 6.68. The average molecular weight is 339 g/mol. The van der Waals surface area contributed by atoms with Crippen molar-refractivity contribution in [2.45, 2.75) is 19.9 Å². The molecule has 2 aromatic carbocycles. The Morgan fingerprint density at radius 2 is 1.88 bits per heavy atom. The number of phenols is 1. The van der Waals surface area contributed by atoms with Crippen molar-refractivity contribution in [3.63, 3.8) is 0 Å². The molecule has 128 valence electrons. The maximum absolute atomic E-state index is 12.4. The van der Waals surface area contributed by atoms with Crippen LogP contribution in [0.5, 0.6) is 11.5 Å². The molecule has 6 nitrogen and oxygen atoms in total. The minimum Gasteiger partial charge on any atom is -0.504 e. The highest BCUT2D eigenvalue weighted by Crippen LogP contribution is 2.35. The van der Waals surface area contributed by atoms with E-state index in [9.17, 15) is 14.7 Å². The molecule has 1 aromatic heterocycles. The lowest BCUT2D eigenvalue weighted by Gasteiger charge is -2.12. The molecule has 0 aliphatic heterocycles. The zero-order chi connectivity index (χ0) is 18.0. The third kappa shape index (κ3) is 3.47. The third-order valence-electron chi connectivity index (χ3n) is 3.49. The Balaban J connectivity index is 2.16. The second-order valence-corrected chi connectivity index (χ2v) is 5.82. The van der Waals surface area contributed by atoms with Gasteiger partial charge in [-0.3, -0.25) is 4.79 Å². The molecular formula is C19H17NO5. The minimum atomic E-state index is -0.745. The van der Waals surface area contributed by atoms with Crippen LogP contribution in [-0.2, 0) is 0 Å². The molecule has 1 amide bonds. The summed E-state index contributed by atoms with van der Waals surface area (Å²) in [4.78, 5) is 24.3. The maximum atomic E-state index is 12.4. The van der Waals surface area contributed by atoms with Crippen LogP contribution in [0.1, 0.15) is 13.8 Å². The van der Waals surface area contributed by atoms with E-state index >= 15 is 0 Å². The summed E-state index contributed by atoms with van der Waals surface area (Å²) in [5, 5.41) is 12.8. The fourth-order valence-electron chi connectivity index (χ4n) is 2.39. The van der Waals surface area contributed by atoms with Crippen molar-refractivity contribution >= 4 is 17.1 Å². The monoisotopic (exact) mass is 339 g/mol. The summed E-state index contributed by atoms with van der Waals surface area (Å²) in [5.41, 5.74) is 0.418. The number of carbonyl (C=O) groups is 1. The van der Waals surface area contributed by atoms with E-state index in [0.717, 1.165) is 0 Å². The lowest BCUT2D eigenvalue weighted by atomic mass is 10.1. The van der Waals surface area contributed by atoms with Gasteiger partial charge in [0.15, 0.2) is 16.8 Å². The first-order chi connectivity index (χ1) is 12.0. The van der Waals surface area contributed by atoms with Crippen molar-refractivity contribution in [2.24, 2.45) is 0 Å². The van der Waals surface area contributed by atoms with Crippen molar-refractivity contribution in [1.82, 2.24) is 5.32 Å². The number of ether oxygens (including phenoxy) is 1. The molecule has 0 fully saturated rings. The number of nitrogens with one attached hydrogen (secondary N) is 1. The van der Waals surface area contributed by atoms with Gasteiger partial charge in [-0.25, -0.2) is 4.79 Å². The fraction of sp³-hybridized carbons (Fsp3) is 0.158. The molecule has 0 spiro atoms. The molecule has 0 saturated heterocycles. The van der Waals surface area contributed by atoms with Gasteiger partial charge in [-0.1, -0.05) is 30.3 Å². The van der Waals surface area contributed by atoms with Crippen molar-refractivity contribution < 1.29 is 19.1 Å². The molecule has 0 aliphatic rings. The first-order valence-electron chi connectivity index (χ1n) is 7.79. The Morgan fingerprint density at radius 3 is 2.56 bits per heavy atom. The number of aromatic hydroxyl groups is 1. The normalized spacial score (nSPS) is 10.8.